The summed E-state index contributed by atoms with van der Waals surface area (Å²) in [6.45, 7) is 4.31. The van der Waals surface area contributed by atoms with Crippen molar-refractivity contribution in [3.63, 3.8) is 0 Å². The Morgan fingerprint density at radius 1 is 1.09 bits per heavy atom. The van der Waals surface area contributed by atoms with Crippen LogP contribution in [0.4, 0.5) is 10.1 Å². The monoisotopic (exact) mass is 441 g/mol. The Balaban J connectivity index is 1.38. The van der Waals surface area contributed by atoms with Gasteiger partial charge in [0.1, 0.15) is 28.5 Å². The average Bonchev–Trinajstić information content (AvgIpc) is 3.45. The highest BCUT2D eigenvalue weighted by Crippen LogP contribution is 2.28. The molecule has 0 spiro atoms. The zero-order valence-electron chi connectivity index (χ0n) is 17.9. The van der Waals surface area contributed by atoms with E-state index in [0.717, 1.165) is 41.4 Å². The SMILES string of the molecule is Cc1cccc(F)c1-n1nc2c(-c3ccc(N4CCn5ccnc5C4)cc3)n[nH]c2cc1=O. The molecule has 2 aromatic carbocycles. The van der Waals surface area contributed by atoms with Crippen molar-refractivity contribution >= 4 is 16.7 Å². The Labute approximate surface area is 187 Å². The molecule has 1 N–H and O–H groups in total. The molecule has 0 radical (unpaired) electrons. The summed E-state index contributed by atoms with van der Waals surface area (Å²) in [7, 11) is 0. The van der Waals surface area contributed by atoms with Crippen LogP contribution in [-0.4, -0.2) is 36.1 Å². The van der Waals surface area contributed by atoms with Crippen LogP contribution in [0, 0.1) is 12.7 Å². The minimum Gasteiger partial charge on any atom is -0.362 e. The largest absolute Gasteiger partial charge is 0.362 e. The molecular weight excluding hydrogens is 421 g/mol. The second kappa shape index (κ2) is 7.40. The molecule has 33 heavy (non-hydrogen) atoms. The first-order valence-corrected chi connectivity index (χ1v) is 10.7. The van der Waals surface area contributed by atoms with Crippen LogP contribution in [-0.2, 0) is 13.1 Å². The smallest absolute Gasteiger partial charge is 0.273 e. The minimum absolute atomic E-state index is 0.148. The predicted molar refractivity (Wildman–Crippen MR) is 123 cm³/mol. The Kier molecular flexibility index (Phi) is 4.36. The number of fused-ring (bicyclic) bond motifs is 2. The first-order valence-electron chi connectivity index (χ1n) is 10.7. The first kappa shape index (κ1) is 19.4. The number of hydrogen-bond donors (Lipinski definition) is 1. The lowest BCUT2D eigenvalue weighted by Gasteiger charge is -2.29. The number of aromatic amines is 1. The Hall–Kier alpha value is -4.27. The van der Waals surface area contributed by atoms with Crippen molar-refractivity contribution in [2.45, 2.75) is 20.0 Å². The van der Waals surface area contributed by atoms with Gasteiger partial charge in [-0.05, 0) is 30.7 Å². The molecule has 0 fully saturated rings. The number of nitrogens with one attached hydrogen (secondary N) is 1. The number of benzene rings is 2. The van der Waals surface area contributed by atoms with E-state index in [0.29, 0.717) is 22.3 Å². The number of imidazole rings is 1. The summed E-state index contributed by atoms with van der Waals surface area (Å²) in [6.07, 6.45) is 3.84. The van der Waals surface area contributed by atoms with Gasteiger partial charge >= 0.3 is 0 Å². The lowest BCUT2D eigenvalue weighted by Crippen LogP contribution is -2.33. The van der Waals surface area contributed by atoms with Crippen molar-refractivity contribution in [2.75, 3.05) is 11.4 Å². The summed E-state index contributed by atoms with van der Waals surface area (Å²) >= 11 is 0. The number of H-pyrrole nitrogens is 1. The van der Waals surface area contributed by atoms with Gasteiger partial charge in [0.2, 0.25) is 0 Å². The van der Waals surface area contributed by atoms with Gasteiger partial charge in [-0.25, -0.2) is 9.37 Å². The fourth-order valence-electron chi connectivity index (χ4n) is 4.36. The van der Waals surface area contributed by atoms with Gasteiger partial charge in [-0.1, -0.05) is 24.3 Å². The first-order chi connectivity index (χ1) is 16.1. The van der Waals surface area contributed by atoms with Crippen LogP contribution in [0.15, 0.2) is 65.7 Å². The third-order valence-corrected chi connectivity index (χ3v) is 6.10. The summed E-state index contributed by atoms with van der Waals surface area (Å²) in [5.74, 6) is 0.551. The van der Waals surface area contributed by atoms with Gasteiger partial charge in [0.05, 0.1) is 12.1 Å². The maximum Gasteiger partial charge on any atom is 0.273 e. The Morgan fingerprint density at radius 2 is 1.94 bits per heavy atom. The summed E-state index contributed by atoms with van der Waals surface area (Å²) in [5.41, 5.74) is 3.91. The molecule has 3 aromatic heterocycles. The van der Waals surface area contributed by atoms with Crippen molar-refractivity contribution in [3.8, 4) is 16.9 Å². The minimum atomic E-state index is -0.500. The number of para-hydroxylation sites is 1. The number of hydrogen-bond acceptors (Lipinski definition) is 5. The van der Waals surface area contributed by atoms with E-state index >= 15 is 0 Å². The second-order valence-electron chi connectivity index (χ2n) is 8.14. The van der Waals surface area contributed by atoms with Crippen molar-refractivity contribution in [1.29, 1.82) is 0 Å². The predicted octanol–water partition coefficient (Wildman–Crippen LogP) is 3.44. The van der Waals surface area contributed by atoms with Crippen molar-refractivity contribution in [1.82, 2.24) is 29.5 Å². The molecule has 0 unspecified atom stereocenters. The van der Waals surface area contributed by atoms with Gasteiger partial charge in [0.15, 0.2) is 0 Å². The van der Waals surface area contributed by atoms with E-state index in [1.807, 2.05) is 36.7 Å². The van der Waals surface area contributed by atoms with Gasteiger partial charge in [-0.3, -0.25) is 9.89 Å². The fourth-order valence-corrected chi connectivity index (χ4v) is 4.36. The Morgan fingerprint density at radius 3 is 2.76 bits per heavy atom. The topological polar surface area (TPSA) is 84.6 Å². The quantitative estimate of drug-likeness (QED) is 0.464. The van der Waals surface area contributed by atoms with Crippen LogP contribution in [0.25, 0.3) is 28.0 Å². The van der Waals surface area contributed by atoms with Crippen LogP contribution in [0.3, 0.4) is 0 Å². The Bertz CT molecular complexity index is 1530. The van der Waals surface area contributed by atoms with E-state index < -0.39 is 11.4 Å². The zero-order valence-corrected chi connectivity index (χ0v) is 17.9. The van der Waals surface area contributed by atoms with Crippen molar-refractivity contribution in [3.05, 3.63) is 88.5 Å². The number of halogens is 1. The summed E-state index contributed by atoms with van der Waals surface area (Å²) in [5, 5.41) is 11.8. The number of aromatic nitrogens is 6. The van der Waals surface area contributed by atoms with Gasteiger partial charge in [-0.15, -0.1) is 0 Å². The molecular formula is C24H20FN7O. The number of nitrogens with zero attached hydrogens (tertiary/aromatic N) is 6. The number of anilines is 1. The van der Waals surface area contributed by atoms with Crippen molar-refractivity contribution in [2.24, 2.45) is 0 Å². The standard InChI is InChI=1S/C24H20FN7O/c1-15-3-2-4-18(25)24(15)32-21(33)13-19-23(29-32)22(28-27-19)16-5-7-17(8-6-16)31-12-11-30-10-9-26-20(30)14-31/h2-10,13,27H,11-12,14H2,1H3. The molecule has 0 atom stereocenters. The molecule has 5 aromatic rings. The summed E-state index contributed by atoms with van der Waals surface area (Å²) in [4.78, 5) is 19.4. The van der Waals surface area contributed by atoms with Gasteiger partial charge < -0.3 is 9.47 Å². The highest BCUT2D eigenvalue weighted by molar-refractivity contribution is 5.89. The number of aryl methyl sites for hydroxylation is 1. The highest BCUT2D eigenvalue weighted by Gasteiger charge is 2.19. The summed E-state index contributed by atoms with van der Waals surface area (Å²) < 4.78 is 17.8. The molecule has 0 saturated heterocycles. The van der Waals surface area contributed by atoms with Gasteiger partial charge in [-0.2, -0.15) is 14.9 Å². The van der Waals surface area contributed by atoms with Crippen LogP contribution in [0.5, 0.6) is 0 Å². The molecule has 8 nitrogen and oxygen atoms in total. The van der Waals surface area contributed by atoms with Gasteiger partial charge in [0.25, 0.3) is 5.56 Å². The number of rotatable bonds is 3. The molecule has 1 aliphatic rings. The molecule has 6 rings (SSSR count). The van der Waals surface area contributed by atoms with E-state index in [-0.39, 0.29) is 5.69 Å². The maximum absolute atomic E-state index is 14.5. The molecule has 0 aliphatic carbocycles. The molecule has 0 amide bonds. The lowest BCUT2D eigenvalue weighted by atomic mass is 10.1. The van der Waals surface area contributed by atoms with Crippen LogP contribution in [0.2, 0.25) is 0 Å². The van der Waals surface area contributed by atoms with Crippen LogP contribution >= 0.6 is 0 Å². The molecule has 4 heterocycles. The van der Waals surface area contributed by atoms with Crippen LogP contribution < -0.4 is 10.5 Å². The third kappa shape index (κ3) is 3.20. The zero-order chi connectivity index (χ0) is 22.5. The van der Waals surface area contributed by atoms with E-state index in [1.165, 1.54) is 12.1 Å². The third-order valence-electron chi connectivity index (χ3n) is 6.10. The molecule has 0 bridgehead atoms. The molecule has 1 aliphatic heterocycles. The van der Waals surface area contributed by atoms with E-state index in [2.05, 4.69) is 29.7 Å². The average molecular weight is 441 g/mol. The van der Waals surface area contributed by atoms with E-state index in [4.69, 9.17) is 0 Å². The maximum atomic E-state index is 14.5. The van der Waals surface area contributed by atoms with E-state index in [9.17, 15) is 9.18 Å². The fraction of sp³-hybridized carbons (Fsp3) is 0.167. The highest BCUT2D eigenvalue weighted by atomic mass is 19.1. The second-order valence-corrected chi connectivity index (χ2v) is 8.14. The van der Waals surface area contributed by atoms with Crippen LogP contribution in [0.1, 0.15) is 11.4 Å². The lowest BCUT2D eigenvalue weighted by molar-refractivity contribution is 0.560. The van der Waals surface area contributed by atoms with Crippen molar-refractivity contribution < 1.29 is 4.39 Å². The molecule has 0 saturated carbocycles. The molecule has 9 heteroatoms. The van der Waals surface area contributed by atoms with Gasteiger partial charge in [0, 0.05) is 42.8 Å². The molecule has 164 valence electrons. The normalized spacial score (nSPS) is 13.5. The summed E-state index contributed by atoms with van der Waals surface area (Å²) in [6, 6.07) is 14.1. The van der Waals surface area contributed by atoms with E-state index in [1.54, 1.807) is 19.1 Å².